The van der Waals surface area contributed by atoms with E-state index in [1.54, 1.807) is 25.1 Å². The maximum absolute atomic E-state index is 12.1. The van der Waals surface area contributed by atoms with Gasteiger partial charge in [0.15, 0.2) is 5.69 Å². The first-order valence-electron chi connectivity index (χ1n) is 8.25. The van der Waals surface area contributed by atoms with Gasteiger partial charge in [-0.1, -0.05) is 5.16 Å². The van der Waals surface area contributed by atoms with Crippen molar-refractivity contribution in [1.82, 2.24) is 15.1 Å². The number of anilines is 4. The molecule has 0 atom stereocenters. The molecule has 0 spiro atoms. The summed E-state index contributed by atoms with van der Waals surface area (Å²) in [6.45, 7) is 6.38. The number of nitrogens with zero attached hydrogens (tertiary/aromatic N) is 3. The fraction of sp³-hybridized carbons (Fsp3) is 0.222. The van der Waals surface area contributed by atoms with Gasteiger partial charge in [-0.15, -0.1) is 0 Å². The third kappa shape index (κ3) is 4.35. The van der Waals surface area contributed by atoms with E-state index in [2.05, 4.69) is 31.1 Å². The number of amides is 1. The molecule has 26 heavy (non-hydrogen) atoms. The van der Waals surface area contributed by atoms with Crippen molar-refractivity contribution in [3.05, 3.63) is 53.7 Å². The van der Waals surface area contributed by atoms with Crippen molar-refractivity contribution in [1.29, 1.82) is 0 Å². The van der Waals surface area contributed by atoms with Crippen molar-refractivity contribution < 1.29 is 9.32 Å². The summed E-state index contributed by atoms with van der Waals surface area (Å²) in [5.41, 5.74) is 1.76. The number of benzene rings is 1. The van der Waals surface area contributed by atoms with E-state index in [4.69, 9.17) is 4.52 Å². The number of rotatable bonds is 6. The fourth-order valence-electron chi connectivity index (χ4n) is 2.36. The van der Waals surface area contributed by atoms with Gasteiger partial charge in [-0.2, -0.15) is 0 Å². The second kappa shape index (κ2) is 7.64. The molecule has 0 saturated carbocycles. The molecular formula is C18H20N6O2. The van der Waals surface area contributed by atoms with E-state index in [0.717, 1.165) is 18.1 Å². The van der Waals surface area contributed by atoms with Gasteiger partial charge in [-0.3, -0.25) is 4.79 Å². The molecule has 0 fully saturated rings. The topological polar surface area (TPSA) is 105 Å². The number of hydrogen-bond acceptors (Lipinski definition) is 7. The van der Waals surface area contributed by atoms with Gasteiger partial charge in [0.2, 0.25) is 0 Å². The van der Waals surface area contributed by atoms with E-state index < -0.39 is 0 Å². The molecule has 2 aromatic heterocycles. The van der Waals surface area contributed by atoms with Crippen LogP contribution >= 0.6 is 0 Å². The average Bonchev–Trinajstić information content (AvgIpc) is 3.03. The van der Waals surface area contributed by atoms with Crippen LogP contribution < -0.4 is 16.0 Å². The Balaban J connectivity index is 1.67. The molecule has 0 radical (unpaired) electrons. The lowest BCUT2D eigenvalue weighted by molar-refractivity contribution is 0.101. The fourth-order valence-corrected chi connectivity index (χ4v) is 2.36. The first kappa shape index (κ1) is 17.4. The Morgan fingerprint density at radius 1 is 1.04 bits per heavy atom. The quantitative estimate of drug-likeness (QED) is 0.623. The lowest BCUT2D eigenvalue weighted by atomic mass is 10.2. The van der Waals surface area contributed by atoms with E-state index in [0.29, 0.717) is 23.1 Å². The number of aromatic nitrogens is 3. The predicted octanol–water partition coefficient (Wildman–Crippen LogP) is 3.51. The Hall–Kier alpha value is -3.42. The number of carbonyl (C=O) groups is 1. The zero-order valence-electron chi connectivity index (χ0n) is 14.8. The monoisotopic (exact) mass is 352 g/mol. The summed E-state index contributed by atoms with van der Waals surface area (Å²) in [6.07, 6.45) is 0. The van der Waals surface area contributed by atoms with Crippen molar-refractivity contribution in [2.75, 3.05) is 22.5 Å². The molecule has 3 N–H and O–H groups in total. The zero-order chi connectivity index (χ0) is 18.5. The first-order valence-corrected chi connectivity index (χ1v) is 8.25. The van der Waals surface area contributed by atoms with Gasteiger partial charge in [-0.25, -0.2) is 9.97 Å². The molecule has 0 aliphatic heterocycles. The number of hydrogen-bond donors (Lipinski definition) is 3. The Bertz CT molecular complexity index is 904. The van der Waals surface area contributed by atoms with Crippen LogP contribution in [0.25, 0.3) is 0 Å². The largest absolute Gasteiger partial charge is 0.370 e. The van der Waals surface area contributed by atoms with E-state index in [-0.39, 0.29) is 11.6 Å². The van der Waals surface area contributed by atoms with Crippen LogP contribution in [0.1, 0.15) is 29.0 Å². The highest BCUT2D eigenvalue weighted by Crippen LogP contribution is 2.20. The molecule has 8 nitrogen and oxygen atoms in total. The highest BCUT2D eigenvalue weighted by molar-refractivity contribution is 6.02. The van der Waals surface area contributed by atoms with E-state index in [1.807, 2.05) is 32.0 Å². The van der Waals surface area contributed by atoms with Crippen molar-refractivity contribution in [2.24, 2.45) is 0 Å². The van der Waals surface area contributed by atoms with Crippen molar-refractivity contribution in [3.63, 3.8) is 0 Å². The molecule has 1 amide bonds. The van der Waals surface area contributed by atoms with Gasteiger partial charge >= 0.3 is 0 Å². The molecule has 0 unspecified atom stereocenters. The summed E-state index contributed by atoms with van der Waals surface area (Å²) >= 11 is 0. The standard InChI is InChI=1S/C18H20N6O2/c1-4-19-16-10-17(21-12(3)20-16)22-13-5-7-14(8-6-13)23-18(25)15-9-11(2)26-24-15/h5-10H,4H2,1-3H3,(H,23,25)(H2,19,20,21,22). The minimum absolute atomic E-state index is 0.247. The first-order chi connectivity index (χ1) is 12.5. The minimum atomic E-state index is -0.315. The van der Waals surface area contributed by atoms with Crippen LogP contribution in [0.2, 0.25) is 0 Å². The Morgan fingerprint density at radius 2 is 1.73 bits per heavy atom. The highest BCUT2D eigenvalue weighted by Gasteiger charge is 2.11. The Labute approximate surface area is 151 Å². The summed E-state index contributed by atoms with van der Waals surface area (Å²) < 4.78 is 4.91. The summed E-state index contributed by atoms with van der Waals surface area (Å²) in [6, 6.07) is 10.7. The Kier molecular flexibility index (Phi) is 5.12. The van der Waals surface area contributed by atoms with Crippen molar-refractivity contribution >= 4 is 28.9 Å². The Morgan fingerprint density at radius 3 is 2.38 bits per heavy atom. The summed E-state index contributed by atoms with van der Waals surface area (Å²) in [7, 11) is 0. The summed E-state index contributed by atoms with van der Waals surface area (Å²) in [5, 5.41) is 12.9. The van der Waals surface area contributed by atoms with Gasteiger partial charge in [0.25, 0.3) is 5.91 Å². The van der Waals surface area contributed by atoms with Crippen LogP contribution in [0, 0.1) is 13.8 Å². The normalized spacial score (nSPS) is 10.4. The van der Waals surface area contributed by atoms with Crippen LogP contribution in [-0.2, 0) is 0 Å². The maximum Gasteiger partial charge on any atom is 0.277 e. The molecular weight excluding hydrogens is 332 g/mol. The van der Waals surface area contributed by atoms with Crippen LogP contribution in [0.5, 0.6) is 0 Å². The molecule has 0 aliphatic rings. The summed E-state index contributed by atoms with van der Waals surface area (Å²) in [4.78, 5) is 20.8. The van der Waals surface area contributed by atoms with E-state index in [1.165, 1.54) is 0 Å². The van der Waals surface area contributed by atoms with Gasteiger partial charge < -0.3 is 20.5 Å². The van der Waals surface area contributed by atoms with Crippen LogP contribution in [-0.4, -0.2) is 27.6 Å². The third-order valence-corrected chi connectivity index (χ3v) is 3.47. The maximum atomic E-state index is 12.1. The van der Waals surface area contributed by atoms with Crippen LogP contribution in [0.3, 0.4) is 0 Å². The van der Waals surface area contributed by atoms with Crippen molar-refractivity contribution in [2.45, 2.75) is 20.8 Å². The molecule has 0 bridgehead atoms. The molecule has 8 heteroatoms. The second-order valence-electron chi connectivity index (χ2n) is 5.70. The van der Waals surface area contributed by atoms with E-state index in [9.17, 15) is 4.79 Å². The van der Waals surface area contributed by atoms with Crippen LogP contribution in [0.15, 0.2) is 40.9 Å². The lowest BCUT2D eigenvalue weighted by Crippen LogP contribution is -2.12. The SMILES string of the molecule is CCNc1cc(Nc2ccc(NC(=O)c3cc(C)on3)cc2)nc(C)n1. The number of aryl methyl sites for hydroxylation is 2. The number of nitrogens with one attached hydrogen (secondary N) is 3. The minimum Gasteiger partial charge on any atom is -0.370 e. The molecule has 1 aromatic carbocycles. The highest BCUT2D eigenvalue weighted by atomic mass is 16.5. The molecule has 0 aliphatic carbocycles. The van der Waals surface area contributed by atoms with Gasteiger partial charge in [-0.05, 0) is 45.0 Å². The van der Waals surface area contributed by atoms with Crippen molar-refractivity contribution in [3.8, 4) is 0 Å². The number of carbonyl (C=O) groups excluding carboxylic acids is 1. The molecule has 2 heterocycles. The lowest BCUT2D eigenvalue weighted by Gasteiger charge is -2.10. The molecule has 0 saturated heterocycles. The van der Waals surface area contributed by atoms with E-state index >= 15 is 0 Å². The van der Waals surface area contributed by atoms with Gasteiger partial charge in [0.1, 0.15) is 23.2 Å². The smallest absolute Gasteiger partial charge is 0.277 e. The van der Waals surface area contributed by atoms with Crippen LogP contribution in [0.4, 0.5) is 23.0 Å². The van der Waals surface area contributed by atoms with Gasteiger partial charge in [0.05, 0.1) is 0 Å². The summed E-state index contributed by atoms with van der Waals surface area (Å²) in [5.74, 6) is 2.42. The average molecular weight is 352 g/mol. The third-order valence-electron chi connectivity index (χ3n) is 3.47. The zero-order valence-corrected chi connectivity index (χ0v) is 14.8. The molecule has 3 rings (SSSR count). The molecule has 134 valence electrons. The molecule has 3 aromatic rings. The van der Waals surface area contributed by atoms with Gasteiger partial charge in [0, 0.05) is 30.1 Å². The predicted molar refractivity (Wildman–Crippen MR) is 99.9 cm³/mol. The second-order valence-corrected chi connectivity index (χ2v) is 5.70.